The Hall–Kier alpha value is -0.770. The number of nitrogens with zero attached hydrogens (tertiary/aromatic N) is 2. The lowest BCUT2D eigenvalue weighted by atomic mass is 10.2. The fourth-order valence-electron chi connectivity index (χ4n) is 2.54. The second-order valence-electron chi connectivity index (χ2n) is 4.28. The van der Waals surface area contributed by atoms with Crippen molar-refractivity contribution in [2.75, 3.05) is 26.2 Å². The zero-order valence-corrected chi connectivity index (χ0v) is 8.48. The minimum absolute atomic E-state index is 0.255. The average molecular weight is 198 g/mol. The van der Waals surface area contributed by atoms with Crippen LogP contribution in [0, 0.1) is 0 Å². The van der Waals surface area contributed by atoms with Gasteiger partial charge in [0.15, 0.2) is 0 Å². The molecule has 2 rings (SSSR count). The molecule has 4 nitrogen and oxygen atoms in total. The molecule has 0 aliphatic carbocycles. The predicted molar refractivity (Wildman–Crippen MR) is 53.4 cm³/mol. The van der Waals surface area contributed by atoms with E-state index in [-0.39, 0.29) is 6.04 Å². The molecule has 2 aliphatic heterocycles. The van der Waals surface area contributed by atoms with Crippen molar-refractivity contribution in [2.45, 2.75) is 31.7 Å². The van der Waals surface area contributed by atoms with Crippen LogP contribution in [0.5, 0.6) is 0 Å². The summed E-state index contributed by atoms with van der Waals surface area (Å²) in [4.78, 5) is 14.9. The van der Waals surface area contributed by atoms with E-state index in [1.54, 1.807) is 4.90 Å². The number of rotatable bonds is 2. The molecule has 0 aromatic rings. The van der Waals surface area contributed by atoms with Crippen molar-refractivity contribution < 1.29 is 9.90 Å². The van der Waals surface area contributed by atoms with E-state index in [2.05, 4.69) is 4.90 Å². The monoisotopic (exact) mass is 198 g/mol. The summed E-state index contributed by atoms with van der Waals surface area (Å²) >= 11 is 0. The highest BCUT2D eigenvalue weighted by Crippen LogP contribution is 2.20. The molecule has 4 heteroatoms. The minimum Gasteiger partial charge on any atom is -0.465 e. The molecule has 80 valence electrons. The van der Waals surface area contributed by atoms with Gasteiger partial charge in [0, 0.05) is 19.1 Å². The molecule has 1 N–H and O–H groups in total. The maximum Gasteiger partial charge on any atom is 0.407 e. The molecule has 2 saturated heterocycles. The van der Waals surface area contributed by atoms with E-state index in [1.807, 2.05) is 0 Å². The Kier molecular flexibility index (Phi) is 2.91. The van der Waals surface area contributed by atoms with Crippen LogP contribution in [0.15, 0.2) is 0 Å². The summed E-state index contributed by atoms with van der Waals surface area (Å²) in [6.45, 7) is 3.99. The Morgan fingerprint density at radius 1 is 1.21 bits per heavy atom. The van der Waals surface area contributed by atoms with Gasteiger partial charge >= 0.3 is 6.09 Å². The van der Waals surface area contributed by atoms with Crippen LogP contribution in [0.2, 0.25) is 0 Å². The zero-order chi connectivity index (χ0) is 9.97. The first-order valence-corrected chi connectivity index (χ1v) is 5.49. The molecule has 2 aliphatic rings. The third kappa shape index (κ3) is 2.00. The van der Waals surface area contributed by atoms with Crippen molar-refractivity contribution in [3.63, 3.8) is 0 Å². The first kappa shape index (κ1) is 9.77. The van der Waals surface area contributed by atoms with E-state index in [4.69, 9.17) is 5.11 Å². The Balaban J connectivity index is 1.86. The van der Waals surface area contributed by atoms with E-state index < -0.39 is 6.09 Å². The molecule has 0 saturated carbocycles. The van der Waals surface area contributed by atoms with Crippen LogP contribution in [0.4, 0.5) is 4.79 Å². The highest BCUT2D eigenvalue weighted by Gasteiger charge is 2.30. The summed E-state index contributed by atoms with van der Waals surface area (Å²) in [6, 6.07) is 0.255. The van der Waals surface area contributed by atoms with Crippen molar-refractivity contribution in [1.82, 2.24) is 9.80 Å². The quantitative estimate of drug-likeness (QED) is 0.725. The van der Waals surface area contributed by atoms with E-state index in [1.165, 1.54) is 12.8 Å². The molecular weight excluding hydrogens is 180 g/mol. The summed E-state index contributed by atoms with van der Waals surface area (Å²) < 4.78 is 0. The van der Waals surface area contributed by atoms with E-state index in [0.29, 0.717) is 0 Å². The molecule has 0 aromatic carbocycles. The van der Waals surface area contributed by atoms with Crippen molar-refractivity contribution >= 4 is 6.09 Å². The second-order valence-corrected chi connectivity index (χ2v) is 4.28. The van der Waals surface area contributed by atoms with Gasteiger partial charge in [0.25, 0.3) is 0 Å². The Bertz CT molecular complexity index is 214. The Morgan fingerprint density at radius 2 is 1.93 bits per heavy atom. The van der Waals surface area contributed by atoms with E-state index >= 15 is 0 Å². The average Bonchev–Trinajstić information content (AvgIpc) is 2.75. The van der Waals surface area contributed by atoms with Crippen LogP contribution in [0.1, 0.15) is 25.7 Å². The molecular formula is C10H18N2O2. The molecule has 2 fully saturated rings. The highest BCUT2D eigenvalue weighted by atomic mass is 16.4. The number of likely N-dealkylation sites (tertiary alicyclic amines) is 2. The molecule has 0 spiro atoms. The van der Waals surface area contributed by atoms with E-state index in [0.717, 1.165) is 39.0 Å². The summed E-state index contributed by atoms with van der Waals surface area (Å²) in [5.41, 5.74) is 0. The van der Waals surface area contributed by atoms with Gasteiger partial charge < -0.3 is 14.9 Å². The molecule has 2 heterocycles. The molecule has 0 radical (unpaired) electrons. The number of hydrogen-bond donors (Lipinski definition) is 1. The van der Waals surface area contributed by atoms with Gasteiger partial charge in [-0.3, -0.25) is 0 Å². The zero-order valence-electron chi connectivity index (χ0n) is 8.48. The van der Waals surface area contributed by atoms with Crippen LogP contribution >= 0.6 is 0 Å². The standard InChI is InChI=1S/C10H18N2O2/c13-10(14)12-7-3-4-9(12)8-11-5-1-2-6-11/h9H,1-8H2,(H,13,14). The van der Waals surface area contributed by atoms with E-state index in [9.17, 15) is 4.79 Å². The van der Waals surface area contributed by atoms with Gasteiger partial charge in [-0.2, -0.15) is 0 Å². The normalized spacial score (nSPS) is 28.6. The van der Waals surface area contributed by atoms with Gasteiger partial charge in [-0.1, -0.05) is 0 Å². The Labute approximate surface area is 84.5 Å². The van der Waals surface area contributed by atoms with Crippen molar-refractivity contribution in [3.8, 4) is 0 Å². The molecule has 1 amide bonds. The smallest absolute Gasteiger partial charge is 0.407 e. The van der Waals surface area contributed by atoms with Crippen LogP contribution < -0.4 is 0 Å². The number of hydrogen-bond acceptors (Lipinski definition) is 2. The van der Waals surface area contributed by atoms with Crippen LogP contribution in [0.3, 0.4) is 0 Å². The third-order valence-corrected chi connectivity index (χ3v) is 3.29. The predicted octanol–water partition coefficient (Wildman–Crippen LogP) is 1.22. The molecule has 14 heavy (non-hydrogen) atoms. The van der Waals surface area contributed by atoms with Gasteiger partial charge in [-0.05, 0) is 38.8 Å². The first-order chi connectivity index (χ1) is 6.77. The second kappa shape index (κ2) is 4.17. The fraction of sp³-hybridized carbons (Fsp3) is 0.900. The van der Waals surface area contributed by atoms with Gasteiger partial charge in [0.1, 0.15) is 0 Å². The largest absolute Gasteiger partial charge is 0.465 e. The summed E-state index contributed by atoms with van der Waals surface area (Å²) in [5, 5.41) is 8.96. The Morgan fingerprint density at radius 3 is 2.57 bits per heavy atom. The fourth-order valence-corrected chi connectivity index (χ4v) is 2.54. The third-order valence-electron chi connectivity index (χ3n) is 3.29. The van der Waals surface area contributed by atoms with Gasteiger partial charge in [-0.15, -0.1) is 0 Å². The SMILES string of the molecule is O=C(O)N1CCCC1CN1CCCC1. The van der Waals surface area contributed by atoms with Gasteiger partial charge in [0.05, 0.1) is 0 Å². The van der Waals surface area contributed by atoms with Crippen molar-refractivity contribution in [2.24, 2.45) is 0 Å². The number of carbonyl (C=O) groups is 1. The number of carboxylic acid groups (broad SMARTS) is 1. The lowest BCUT2D eigenvalue weighted by Crippen LogP contribution is -2.41. The van der Waals surface area contributed by atoms with Crippen LogP contribution in [-0.2, 0) is 0 Å². The molecule has 0 aromatic heterocycles. The highest BCUT2D eigenvalue weighted by molar-refractivity contribution is 5.65. The minimum atomic E-state index is -0.744. The maximum atomic E-state index is 10.9. The van der Waals surface area contributed by atoms with Crippen LogP contribution in [0.25, 0.3) is 0 Å². The summed E-state index contributed by atoms with van der Waals surface area (Å²) in [7, 11) is 0. The van der Waals surface area contributed by atoms with Crippen molar-refractivity contribution in [3.05, 3.63) is 0 Å². The van der Waals surface area contributed by atoms with Crippen LogP contribution in [-0.4, -0.2) is 53.2 Å². The lowest BCUT2D eigenvalue weighted by molar-refractivity contribution is 0.129. The molecule has 1 unspecified atom stereocenters. The maximum absolute atomic E-state index is 10.9. The van der Waals surface area contributed by atoms with Crippen molar-refractivity contribution in [1.29, 1.82) is 0 Å². The number of amides is 1. The summed E-state index contributed by atoms with van der Waals surface area (Å²) in [5.74, 6) is 0. The molecule has 0 bridgehead atoms. The van der Waals surface area contributed by atoms with Gasteiger partial charge in [0.2, 0.25) is 0 Å². The summed E-state index contributed by atoms with van der Waals surface area (Å²) in [6.07, 6.45) is 3.89. The lowest BCUT2D eigenvalue weighted by Gasteiger charge is -2.26. The topological polar surface area (TPSA) is 43.8 Å². The first-order valence-electron chi connectivity index (χ1n) is 5.49. The molecule has 1 atom stereocenters. The van der Waals surface area contributed by atoms with Gasteiger partial charge in [-0.25, -0.2) is 4.79 Å².